The topological polar surface area (TPSA) is 85.8 Å². The fourth-order valence-electron chi connectivity index (χ4n) is 1.74. The number of anilines is 1. The van der Waals surface area contributed by atoms with Crippen molar-refractivity contribution in [3.05, 3.63) is 42.0 Å². The highest BCUT2D eigenvalue weighted by Crippen LogP contribution is 2.08. The maximum absolute atomic E-state index is 11.7. The van der Waals surface area contributed by atoms with Gasteiger partial charge in [0, 0.05) is 19.2 Å². The van der Waals surface area contributed by atoms with Gasteiger partial charge in [-0.25, -0.2) is 4.98 Å². The van der Waals surface area contributed by atoms with Gasteiger partial charge in [-0.2, -0.15) is 5.10 Å². The second-order valence-corrected chi connectivity index (χ2v) is 4.36. The van der Waals surface area contributed by atoms with E-state index in [-0.39, 0.29) is 5.91 Å². The first-order chi connectivity index (χ1) is 9.13. The van der Waals surface area contributed by atoms with Crippen molar-refractivity contribution in [1.82, 2.24) is 20.1 Å². The number of nitrogens with one attached hydrogen (secondary N) is 1. The second kappa shape index (κ2) is 5.99. The average molecular weight is 259 g/mol. The summed E-state index contributed by atoms with van der Waals surface area (Å²) in [5, 5.41) is 6.88. The third-order valence-corrected chi connectivity index (χ3v) is 2.68. The number of nitrogens with two attached hydrogens (primary N) is 1. The normalized spacial score (nSPS) is 10.4. The van der Waals surface area contributed by atoms with Gasteiger partial charge < -0.3 is 11.1 Å². The van der Waals surface area contributed by atoms with E-state index in [1.54, 1.807) is 18.1 Å². The molecule has 0 atom stereocenters. The summed E-state index contributed by atoms with van der Waals surface area (Å²) in [6.07, 6.45) is 2.71. The largest absolute Gasteiger partial charge is 0.399 e. The average Bonchev–Trinajstić information content (AvgIpc) is 2.80. The molecule has 100 valence electrons. The number of carbonyl (C=O) groups is 1. The standard InChI is InChI=1S/C13H17N5O/c1-18-9-16-12(17-18)8-15-13(19)6-5-10-3-2-4-11(14)7-10/h2-4,7,9H,5-6,8,14H2,1H3,(H,15,19). The van der Waals surface area contributed by atoms with E-state index in [0.29, 0.717) is 25.2 Å². The van der Waals surface area contributed by atoms with Gasteiger partial charge in [-0.05, 0) is 24.1 Å². The zero-order chi connectivity index (χ0) is 13.7. The number of amides is 1. The van der Waals surface area contributed by atoms with Gasteiger partial charge in [-0.1, -0.05) is 12.1 Å². The Kier molecular flexibility index (Phi) is 4.12. The van der Waals surface area contributed by atoms with E-state index >= 15 is 0 Å². The Hall–Kier alpha value is -2.37. The molecule has 6 nitrogen and oxygen atoms in total. The van der Waals surface area contributed by atoms with Crippen molar-refractivity contribution in [3.63, 3.8) is 0 Å². The molecule has 2 rings (SSSR count). The fraction of sp³-hybridized carbons (Fsp3) is 0.308. The molecule has 2 aromatic rings. The summed E-state index contributed by atoms with van der Waals surface area (Å²) in [4.78, 5) is 15.7. The van der Waals surface area contributed by atoms with Gasteiger partial charge >= 0.3 is 0 Å². The number of hydrogen-bond acceptors (Lipinski definition) is 4. The molecule has 0 unspecified atom stereocenters. The quantitative estimate of drug-likeness (QED) is 0.772. The smallest absolute Gasteiger partial charge is 0.220 e. The lowest BCUT2D eigenvalue weighted by Crippen LogP contribution is -2.23. The maximum Gasteiger partial charge on any atom is 0.220 e. The lowest BCUT2D eigenvalue weighted by Gasteiger charge is -2.04. The summed E-state index contributed by atoms with van der Waals surface area (Å²) < 4.78 is 1.61. The van der Waals surface area contributed by atoms with Gasteiger partial charge in [0.2, 0.25) is 5.91 Å². The lowest BCUT2D eigenvalue weighted by atomic mass is 10.1. The van der Waals surface area contributed by atoms with Crippen LogP contribution in [0.15, 0.2) is 30.6 Å². The number of carbonyl (C=O) groups excluding carboxylic acids is 1. The predicted molar refractivity (Wildman–Crippen MR) is 72.0 cm³/mol. The van der Waals surface area contributed by atoms with Crippen LogP contribution in [0.3, 0.4) is 0 Å². The summed E-state index contributed by atoms with van der Waals surface area (Å²) in [5.74, 6) is 0.592. The summed E-state index contributed by atoms with van der Waals surface area (Å²) in [6, 6.07) is 7.56. The van der Waals surface area contributed by atoms with Crippen LogP contribution in [0.1, 0.15) is 17.8 Å². The molecule has 0 spiro atoms. The van der Waals surface area contributed by atoms with Crippen LogP contribution in [0.5, 0.6) is 0 Å². The van der Waals surface area contributed by atoms with E-state index in [1.165, 1.54) is 0 Å². The first-order valence-electron chi connectivity index (χ1n) is 6.09. The molecule has 19 heavy (non-hydrogen) atoms. The SMILES string of the molecule is Cn1cnc(CNC(=O)CCc2cccc(N)c2)n1. The maximum atomic E-state index is 11.7. The van der Waals surface area contributed by atoms with E-state index in [9.17, 15) is 4.79 Å². The first kappa shape index (κ1) is 13.1. The molecular formula is C13H17N5O. The van der Waals surface area contributed by atoms with E-state index in [1.807, 2.05) is 24.3 Å². The minimum Gasteiger partial charge on any atom is -0.399 e. The van der Waals surface area contributed by atoms with Crippen LogP contribution >= 0.6 is 0 Å². The van der Waals surface area contributed by atoms with E-state index in [4.69, 9.17) is 5.73 Å². The number of nitrogen functional groups attached to an aromatic ring is 1. The Balaban J connectivity index is 1.75. The number of aryl methyl sites for hydroxylation is 2. The Morgan fingerprint density at radius 3 is 3.00 bits per heavy atom. The molecular weight excluding hydrogens is 242 g/mol. The predicted octanol–water partition coefficient (Wildman–Crippen LogP) is 0.646. The number of aromatic nitrogens is 3. The molecule has 1 heterocycles. The molecule has 0 saturated carbocycles. The van der Waals surface area contributed by atoms with Crippen LogP contribution in [-0.4, -0.2) is 20.7 Å². The molecule has 3 N–H and O–H groups in total. The van der Waals surface area contributed by atoms with Crippen LogP contribution in [0, 0.1) is 0 Å². The Morgan fingerprint density at radius 2 is 2.32 bits per heavy atom. The summed E-state index contributed by atoms with van der Waals surface area (Å²) in [7, 11) is 1.79. The third-order valence-electron chi connectivity index (χ3n) is 2.68. The van der Waals surface area contributed by atoms with Crippen molar-refractivity contribution in [2.45, 2.75) is 19.4 Å². The van der Waals surface area contributed by atoms with Crippen molar-refractivity contribution < 1.29 is 4.79 Å². The van der Waals surface area contributed by atoms with Crippen molar-refractivity contribution in [1.29, 1.82) is 0 Å². The Morgan fingerprint density at radius 1 is 1.47 bits per heavy atom. The molecule has 6 heteroatoms. The van der Waals surface area contributed by atoms with Gasteiger partial charge in [0.15, 0.2) is 5.82 Å². The van der Waals surface area contributed by atoms with Crippen molar-refractivity contribution >= 4 is 11.6 Å². The molecule has 1 aromatic carbocycles. The number of benzene rings is 1. The van der Waals surface area contributed by atoms with Crippen LogP contribution in [-0.2, 0) is 24.8 Å². The molecule has 0 saturated heterocycles. The number of nitrogens with zero attached hydrogens (tertiary/aromatic N) is 3. The van der Waals surface area contributed by atoms with Gasteiger partial charge in [-0.3, -0.25) is 9.48 Å². The highest BCUT2D eigenvalue weighted by Gasteiger charge is 2.04. The molecule has 0 fully saturated rings. The summed E-state index contributed by atoms with van der Waals surface area (Å²) >= 11 is 0. The lowest BCUT2D eigenvalue weighted by molar-refractivity contribution is -0.121. The molecule has 0 aliphatic carbocycles. The molecule has 1 amide bonds. The minimum absolute atomic E-state index is 0.0186. The number of rotatable bonds is 5. The molecule has 0 bridgehead atoms. The highest BCUT2D eigenvalue weighted by atomic mass is 16.1. The minimum atomic E-state index is -0.0186. The van der Waals surface area contributed by atoms with E-state index in [0.717, 1.165) is 11.3 Å². The first-order valence-corrected chi connectivity index (χ1v) is 6.09. The highest BCUT2D eigenvalue weighted by molar-refractivity contribution is 5.76. The van der Waals surface area contributed by atoms with Gasteiger partial charge in [0.05, 0.1) is 6.54 Å². The zero-order valence-corrected chi connectivity index (χ0v) is 10.8. The Labute approximate surface area is 111 Å². The molecule has 0 aliphatic rings. The van der Waals surface area contributed by atoms with Crippen LogP contribution in [0.2, 0.25) is 0 Å². The van der Waals surface area contributed by atoms with Gasteiger partial charge in [0.25, 0.3) is 0 Å². The van der Waals surface area contributed by atoms with Crippen LogP contribution in [0.25, 0.3) is 0 Å². The summed E-state index contributed by atoms with van der Waals surface area (Å²) in [6.45, 7) is 0.358. The van der Waals surface area contributed by atoms with Gasteiger partial charge in [0.1, 0.15) is 6.33 Å². The molecule has 0 radical (unpaired) electrons. The third kappa shape index (κ3) is 4.09. The van der Waals surface area contributed by atoms with Crippen LogP contribution in [0.4, 0.5) is 5.69 Å². The number of hydrogen-bond donors (Lipinski definition) is 2. The van der Waals surface area contributed by atoms with Crippen molar-refractivity contribution in [2.75, 3.05) is 5.73 Å². The van der Waals surface area contributed by atoms with Crippen molar-refractivity contribution in [2.24, 2.45) is 7.05 Å². The molecule has 0 aliphatic heterocycles. The monoisotopic (exact) mass is 259 g/mol. The van der Waals surface area contributed by atoms with Gasteiger partial charge in [-0.15, -0.1) is 0 Å². The van der Waals surface area contributed by atoms with E-state index < -0.39 is 0 Å². The fourth-order valence-corrected chi connectivity index (χ4v) is 1.74. The molecule has 1 aromatic heterocycles. The van der Waals surface area contributed by atoms with Crippen LogP contribution < -0.4 is 11.1 Å². The van der Waals surface area contributed by atoms with E-state index in [2.05, 4.69) is 15.4 Å². The van der Waals surface area contributed by atoms with Crippen molar-refractivity contribution in [3.8, 4) is 0 Å². The zero-order valence-electron chi connectivity index (χ0n) is 10.8. The Bertz CT molecular complexity index is 564. The second-order valence-electron chi connectivity index (χ2n) is 4.36. The summed E-state index contributed by atoms with van der Waals surface area (Å²) in [5.41, 5.74) is 7.46.